The van der Waals surface area contributed by atoms with E-state index in [1.165, 1.54) is 0 Å². The molecule has 0 radical (unpaired) electrons. The maximum absolute atomic E-state index is 11.7. The third-order valence-corrected chi connectivity index (χ3v) is 3.12. The zero-order valence-corrected chi connectivity index (χ0v) is 9.96. The highest BCUT2D eigenvalue weighted by molar-refractivity contribution is 5.85. The first-order valence-corrected chi connectivity index (χ1v) is 5.95. The SMILES string of the molecule is CCCCNC(=O)C1(O)CC(O)C(O)C(O)C1. The summed E-state index contributed by atoms with van der Waals surface area (Å²) >= 11 is 0. The summed E-state index contributed by atoms with van der Waals surface area (Å²) in [5, 5.41) is 40.9. The van der Waals surface area contributed by atoms with Gasteiger partial charge < -0.3 is 25.7 Å². The van der Waals surface area contributed by atoms with Crippen molar-refractivity contribution in [1.82, 2.24) is 5.32 Å². The Morgan fingerprint density at radius 1 is 1.29 bits per heavy atom. The molecule has 0 aliphatic heterocycles. The van der Waals surface area contributed by atoms with Crippen LogP contribution in [0.5, 0.6) is 0 Å². The maximum atomic E-state index is 11.7. The van der Waals surface area contributed by atoms with Gasteiger partial charge in [-0.3, -0.25) is 4.79 Å². The van der Waals surface area contributed by atoms with Gasteiger partial charge in [0, 0.05) is 19.4 Å². The van der Waals surface area contributed by atoms with Gasteiger partial charge in [-0.1, -0.05) is 13.3 Å². The molecular weight excluding hydrogens is 226 g/mol. The minimum absolute atomic E-state index is 0.261. The monoisotopic (exact) mass is 247 g/mol. The molecule has 0 aromatic rings. The summed E-state index contributed by atoms with van der Waals surface area (Å²) in [6, 6.07) is 0. The molecule has 1 saturated carbocycles. The van der Waals surface area contributed by atoms with E-state index >= 15 is 0 Å². The average molecular weight is 247 g/mol. The van der Waals surface area contributed by atoms with Gasteiger partial charge in [-0.2, -0.15) is 0 Å². The first-order valence-electron chi connectivity index (χ1n) is 5.95. The van der Waals surface area contributed by atoms with Crippen molar-refractivity contribution in [2.45, 2.75) is 56.5 Å². The van der Waals surface area contributed by atoms with Crippen LogP contribution in [0, 0.1) is 0 Å². The zero-order chi connectivity index (χ0) is 13.1. The molecule has 1 aliphatic rings. The third kappa shape index (κ3) is 3.38. The van der Waals surface area contributed by atoms with E-state index in [9.17, 15) is 25.2 Å². The Bertz CT molecular complexity index is 259. The fourth-order valence-corrected chi connectivity index (χ4v) is 2.00. The average Bonchev–Trinajstić information content (AvgIpc) is 2.26. The minimum Gasteiger partial charge on any atom is -0.390 e. The summed E-state index contributed by atoms with van der Waals surface area (Å²) in [7, 11) is 0. The van der Waals surface area contributed by atoms with Crippen LogP contribution in [-0.2, 0) is 4.79 Å². The normalized spacial score (nSPS) is 37.8. The maximum Gasteiger partial charge on any atom is 0.252 e. The molecule has 0 heterocycles. The van der Waals surface area contributed by atoms with Crippen LogP contribution in [0.2, 0.25) is 0 Å². The van der Waals surface area contributed by atoms with Crippen LogP contribution in [0.25, 0.3) is 0 Å². The van der Waals surface area contributed by atoms with E-state index < -0.39 is 29.8 Å². The largest absolute Gasteiger partial charge is 0.390 e. The quantitative estimate of drug-likeness (QED) is 0.389. The number of aliphatic hydroxyl groups excluding tert-OH is 3. The number of hydrogen-bond donors (Lipinski definition) is 5. The molecule has 2 unspecified atom stereocenters. The smallest absolute Gasteiger partial charge is 0.252 e. The van der Waals surface area contributed by atoms with Crippen LogP contribution in [-0.4, -0.2) is 56.8 Å². The van der Waals surface area contributed by atoms with E-state index in [1.54, 1.807) is 0 Å². The fourth-order valence-electron chi connectivity index (χ4n) is 2.00. The van der Waals surface area contributed by atoms with Gasteiger partial charge in [-0.15, -0.1) is 0 Å². The number of hydrogen-bond acceptors (Lipinski definition) is 5. The van der Waals surface area contributed by atoms with Gasteiger partial charge in [-0.05, 0) is 6.42 Å². The van der Waals surface area contributed by atoms with Crippen molar-refractivity contribution in [2.75, 3.05) is 6.54 Å². The Balaban J connectivity index is 2.58. The molecule has 1 amide bonds. The number of nitrogens with one attached hydrogen (secondary N) is 1. The Labute approximate surface area is 100 Å². The molecule has 1 rings (SSSR count). The highest BCUT2D eigenvalue weighted by Gasteiger charge is 2.47. The van der Waals surface area contributed by atoms with Gasteiger partial charge in [0.05, 0.1) is 12.2 Å². The third-order valence-electron chi connectivity index (χ3n) is 3.12. The molecule has 0 spiro atoms. The van der Waals surface area contributed by atoms with Gasteiger partial charge in [-0.25, -0.2) is 0 Å². The first-order chi connectivity index (χ1) is 7.90. The molecule has 1 fully saturated rings. The molecule has 0 aromatic carbocycles. The summed E-state index contributed by atoms with van der Waals surface area (Å²) in [6.07, 6.45) is -2.69. The van der Waals surface area contributed by atoms with Crippen LogP contribution in [0.1, 0.15) is 32.6 Å². The van der Waals surface area contributed by atoms with Crippen molar-refractivity contribution < 1.29 is 25.2 Å². The predicted molar refractivity (Wildman–Crippen MR) is 60.1 cm³/mol. The fraction of sp³-hybridized carbons (Fsp3) is 0.909. The second kappa shape index (κ2) is 5.77. The number of carbonyl (C=O) groups is 1. The lowest BCUT2D eigenvalue weighted by Crippen LogP contribution is -2.59. The minimum atomic E-state index is -1.80. The van der Waals surface area contributed by atoms with E-state index in [1.807, 2.05) is 6.92 Å². The Morgan fingerprint density at radius 2 is 1.82 bits per heavy atom. The van der Waals surface area contributed by atoms with Crippen molar-refractivity contribution in [3.63, 3.8) is 0 Å². The molecule has 0 saturated heterocycles. The first kappa shape index (κ1) is 14.4. The number of carbonyl (C=O) groups excluding carboxylic acids is 1. The highest BCUT2D eigenvalue weighted by atomic mass is 16.4. The Morgan fingerprint density at radius 3 is 2.29 bits per heavy atom. The molecule has 1 aliphatic carbocycles. The molecule has 100 valence electrons. The summed E-state index contributed by atoms with van der Waals surface area (Å²) < 4.78 is 0. The van der Waals surface area contributed by atoms with Crippen molar-refractivity contribution >= 4 is 5.91 Å². The standard InChI is InChI=1S/C11H21NO5/c1-2-3-4-12-10(16)11(17)5-7(13)9(15)8(14)6-11/h7-9,13-15,17H,2-6H2,1H3,(H,12,16). The molecule has 5 N–H and O–H groups in total. The van der Waals surface area contributed by atoms with E-state index in [-0.39, 0.29) is 12.8 Å². The van der Waals surface area contributed by atoms with E-state index in [0.717, 1.165) is 12.8 Å². The second-order valence-corrected chi connectivity index (χ2v) is 4.67. The molecule has 6 nitrogen and oxygen atoms in total. The van der Waals surface area contributed by atoms with Gasteiger partial charge in [0.15, 0.2) is 0 Å². The lowest BCUT2D eigenvalue weighted by molar-refractivity contribution is -0.172. The summed E-state index contributed by atoms with van der Waals surface area (Å²) in [5.74, 6) is -0.601. The molecule has 0 aromatic heterocycles. The van der Waals surface area contributed by atoms with Crippen LogP contribution < -0.4 is 5.32 Å². The highest BCUT2D eigenvalue weighted by Crippen LogP contribution is 2.29. The number of amides is 1. The van der Waals surface area contributed by atoms with Crippen molar-refractivity contribution in [1.29, 1.82) is 0 Å². The van der Waals surface area contributed by atoms with Gasteiger partial charge in [0.2, 0.25) is 0 Å². The van der Waals surface area contributed by atoms with Crippen LogP contribution >= 0.6 is 0 Å². The lowest BCUT2D eigenvalue weighted by Gasteiger charge is -2.39. The molecular formula is C11H21NO5. The number of aliphatic hydroxyl groups is 4. The van der Waals surface area contributed by atoms with E-state index in [0.29, 0.717) is 6.54 Å². The number of rotatable bonds is 4. The topological polar surface area (TPSA) is 110 Å². The number of unbranched alkanes of at least 4 members (excludes halogenated alkanes) is 1. The molecule has 6 heteroatoms. The molecule has 17 heavy (non-hydrogen) atoms. The van der Waals surface area contributed by atoms with Gasteiger partial charge in [0.1, 0.15) is 11.7 Å². The van der Waals surface area contributed by atoms with Crippen LogP contribution in [0.15, 0.2) is 0 Å². The van der Waals surface area contributed by atoms with Crippen molar-refractivity contribution in [2.24, 2.45) is 0 Å². The Kier molecular flexibility index (Phi) is 4.88. The van der Waals surface area contributed by atoms with Gasteiger partial charge in [0.25, 0.3) is 5.91 Å². The second-order valence-electron chi connectivity index (χ2n) is 4.67. The predicted octanol–water partition coefficient (Wildman–Crippen LogP) is -1.49. The Hall–Kier alpha value is -0.690. The summed E-state index contributed by atoms with van der Waals surface area (Å²) in [5.41, 5.74) is -1.80. The van der Waals surface area contributed by atoms with Crippen LogP contribution in [0.4, 0.5) is 0 Å². The van der Waals surface area contributed by atoms with E-state index in [4.69, 9.17) is 0 Å². The zero-order valence-electron chi connectivity index (χ0n) is 9.96. The summed E-state index contributed by atoms with van der Waals surface area (Å²) in [6.45, 7) is 2.43. The van der Waals surface area contributed by atoms with Gasteiger partial charge >= 0.3 is 0 Å². The molecule has 0 bridgehead atoms. The van der Waals surface area contributed by atoms with E-state index in [2.05, 4.69) is 5.32 Å². The van der Waals surface area contributed by atoms with Crippen molar-refractivity contribution in [3.05, 3.63) is 0 Å². The van der Waals surface area contributed by atoms with Crippen molar-refractivity contribution in [3.8, 4) is 0 Å². The summed E-state index contributed by atoms with van der Waals surface area (Å²) in [4.78, 5) is 11.7. The molecule has 2 atom stereocenters. The van der Waals surface area contributed by atoms with Crippen LogP contribution in [0.3, 0.4) is 0 Å². The lowest BCUT2D eigenvalue weighted by atomic mass is 9.79.